The molecule has 9 heteroatoms. The summed E-state index contributed by atoms with van der Waals surface area (Å²) in [7, 11) is 0. The molecule has 0 aliphatic carbocycles. The van der Waals surface area contributed by atoms with Crippen molar-refractivity contribution in [2.45, 2.75) is 33.0 Å². The monoisotopic (exact) mass is 477 g/mol. The molecule has 3 rings (SSSR count). The van der Waals surface area contributed by atoms with Gasteiger partial charge in [0.15, 0.2) is 0 Å². The summed E-state index contributed by atoms with van der Waals surface area (Å²) in [6, 6.07) is 12.0. The van der Waals surface area contributed by atoms with Crippen molar-refractivity contribution in [1.29, 1.82) is 0 Å². The fourth-order valence-corrected chi connectivity index (χ4v) is 3.92. The van der Waals surface area contributed by atoms with E-state index in [1.54, 1.807) is 24.3 Å². The first-order valence-electron chi connectivity index (χ1n) is 11.4. The van der Waals surface area contributed by atoms with Gasteiger partial charge in [-0.3, -0.25) is 9.59 Å². The van der Waals surface area contributed by atoms with Crippen molar-refractivity contribution >= 4 is 17.5 Å². The van der Waals surface area contributed by atoms with Gasteiger partial charge in [0.2, 0.25) is 11.8 Å². The molecule has 0 saturated carbocycles. The third-order valence-electron chi connectivity index (χ3n) is 5.92. The van der Waals surface area contributed by atoms with Gasteiger partial charge in [0.25, 0.3) is 0 Å². The van der Waals surface area contributed by atoms with Gasteiger partial charge in [-0.25, -0.2) is 0 Å². The van der Waals surface area contributed by atoms with E-state index >= 15 is 0 Å². The molecule has 0 aromatic heterocycles. The molecule has 184 valence electrons. The summed E-state index contributed by atoms with van der Waals surface area (Å²) in [5.74, 6) is -0.629. The molecule has 0 radical (unpaired) electrons. The van der Waals surface area contributed by atoms with Crippen LogP contribution in [0, 0.1) is 5.92 Å². The average molecular weight is 478 g/mol. The first-order valence-corrected chi connectivity index (χ1v) is 11.4. The van der Waals surface area contributed by atoms with Crippen molar-refractivity contribution in [3.05, 3.63) is 59.7 Å². The minimum atomic E-state index is -4.45. The van der Waals surface area contributed by atoms with E-state index in [-0.39, 0.29) is 31.3 Å². The van der Waals surface area contributed by atoms with Gasteiger partial charge in [-0.1, -0.05) is 38.1 Å². The third-order valence-corrected chi connectivity index (χ3v) is 5.92. The van der Waals surface area contributed by atoms with Crippen molar-refractivity contribution in [3.63, 3.8) is 0 Å². The van der Waals surface area contributed by atoms with E-state index in [9.17, 15) is 22.8 Å². The fraction of sp³-hybridized carbons (Fsp3) is 0.440. The standard InChI is InChI=1S/C25H30F3N3O3/c1-3-30(4-2)12-13-34-22-11-6-5-10-21(22)29-24(33)19-15-23(32)31(17-19)16-18-8-7-9-20(14-18)25(26,27)28/h5-11,14,19H,3-4,12-13,15-17H2,1-2H3,(H,29,33). The highest BCUT2D eigenvalue weighted by atomic mass is 19.4. The lowest BCUT2D eigenvalue weighted by atomic mass is 10.1. The second-order valence-electron chi connectivity index (χ2n) is 8.23. The Labute approximate surface area is 197 Å². The molecule has 1 heterocycles. The molecule has 1 saturated heterocycles. The van der Waals surface area contributed by atoms with E-state index in [0.717, 1.165) is 31.8 Å². The van der Waals surface area contributed by atoms with Crippen LogP contribution in [0.25, 0.3) is 0 Å². The summed E-state index contributed by atoms with van der Waals surface area (Å²) in [5, 5.41) is 2.85. The van der Waals surface area contributed by atoms with Crippen LogP contribution >= 0.6 is 0 Å². The third kappa shape index (κ3) is 6.72. The molecular weight excluding hydrogens is 447 g/mol. The number of carbonyl (C=O) groups is 2. The Bertz CT molecular complexity index is 993. The quantitative estimate of drug-likeness (QED) is 0.551. The van der Waals surface area contributed by atoms with E-state index in [0.29, 0.717) is 23.6 Å². The van der Waals surface area contributed by atoms with Crippen LogP contribution in [0.1, 0.15) is 31.4 Å². The van der Waals surface area contributed by atoms with Crippen molar-refractivity contribution in [2.75, 3.05) is 38.1 Å². The van der Waals surface area contributed by atoms with Crippen LogP contribution in [0.2, 0.25) is 0 Å². The maximum atomic E-state index is 13.0. The minimum Gasteiger partial charge on any atom is -0.490 e. The highest BCUT2D eigenvalue weighted by Crippen LogP contribution is 2.31. The summed E-state index contributed by atoms with van der Waals surface area (Å²) in [6.45, 7) is 7.41. The second-order valence-corrected chi connectivity index (χ2v) is 8.23. The zero-order chi connectivity index (χ0) is 24.7. The second kappa shape index (κ2) is 11.4. The highest BCUT2D eigenvalue weighted by molar-refractivity contribution is 5.98. The molecule has 6 nitrogen and oxygen atoms in total. The molecule has 1 fully saturated rings. The number of hydrogen-bond donors (Lipinski definition) is 1. The Hall–Kier alpha value is -3.07. The van der Waals surface area contributed by atoms with Crippen molar-refractivity contribution in [3.8, 4) is 5.75 Å². The number of para-hydroxylation sites is 2. The Balaban J connectivity index is 1.59. The number of amides is 2. The molecule has 0 spiro atoms. The van der Waals surface area contributed by atoms with E-state index in [1.807, 2.05) is 6.07 Å². The van der Waals surface area contributed by atoms with Crippen LogP contribution in [0.15, 0.2) is 48.5 Å². The summed E-state index contributed by atoms with van der Waals surface area (Å²) < 4.78 is 44.8. The van der Waals surface area contributed by atoms with Gasteiger partial charge in [-0.2, -0.15) is 13.2 Å². The molecule has 1 N–H and O–H groups in total. The van der Waals surface area contributed by atoms with Gasteiger partial charge in [0.1, 0.15) is 12.4 Å². The molecule has 1 aliphatic rings. The van der Waals surface area contributed by atoms with E-state index in [2.05, 4.69) is 24.1 Å². The maximum absolute atomic E-state index is 13.0. The zero-order valence-electron chi connectivity index (χ0n) is 19.4. The van der Waals surface area contributed by atoms with Crippen LogP contribution in [-0.2, 0) is 22.3 Å². The van der Waals surface area contributed by atoms with Crippen molar-refractivity contribution < 1.29 is 27.5 Å². The normalized spacial score (nSPS) is 16.2. The average Bonchev–Trinajstić information content (AvgIpc) is 3.17. The predicted molar refractivity (Wildman–Crippen MR) is 123 cm³/mol. The van der Waals surface area contributed by atoms with Gasteiger partial charge in [-0.15, -0.1) is 0 Å². The number of likely N-dealkylation sites (N-methyl/N-ethyl adjacent to an activating group) is 1. The first-order chi connectivity index (χ1) is 16.2. The molecule has 2 aromatic rings. The van der Waals surface area contributed by atoms with Crippen LogP contribution in [0.4, 0.5) is 18.9 Å². The number of anilines is 1. The van der Waals surface area contributed by atoms with Crippen LogP contribution in [-0.4, -0.2) is 54.4 Å². The lowest BCUT2D eigenvalue weighted by molar-refractivity contribution is -0.137. The highest BCUT2D eigenvalue weighted by Gasteiger charge is 2.35. The summed E-state index contributed by atoms with van der Waals surface area (Å²) in [5.41, 5.74) is 0.135. The number of nitrogens with zero attached hydrogens (tertiary/aromatic N) is 2. The van der Waals surface area contributed by atoms with E-state index < -0.39 is 17.7 Å². The van der Waals surface area contributed by atoms with E-state index in [4.69, 9.17) is 4.74 Å². The Kier molecular flexibility index (Phi) is 8.55. The maximum Gasteiger partial charge on any atom is 0.416 e. The number of nitrogens with one attached hydrogen (secondary N) is 1. The first kappa shape index (κ1) is 25.6. The van der Waals surface area contributed by atoms with Gasteiger partial charge in [0.05, 0.1) is 17.2 Å². The Morgan fingerprint density at radius 1 is 1.15 bits per heavy atom. The summed E-state index contributed by atoms with van der Waals surface area (Å²) >= 11 is 0. The number of likely N-dealkylation sites (tertiary alicyclic amines) is 1. The minimum absolute atomic E-state index is 0.00970. The van der Waals surface area contributed by atoms with Gasteiger partial charge >= 0.3 is 6.18 Å². The molecule has 34 heavy (non-hydrogen) atoms. The molecule has 1 unspecified atom stereocenters. The molecule has 1 atom stereocenters. The number of hydrogen-bond acceptors (Lipinski definition) is 4. The van der Waals surface area contributed by atoms with Crippen molar-refractivity contribution in [2.24, 2.45) is 5.92 Å². The van der Waals surface area contributed by atoms with Crippen LogP contribution in [0.3, 0.4) is 0 Å². The molecule has 0 bridgehead atoms. The van der Waals surface area contributed by atoms with Gasteiger partial charge < -0.3 is 19.9 Å². The number of halogens is 3. The molecule has 2 aromatic carbocycles. The Morgan fingerprint density at radius 2 is 1.88 bits per heavy atom. The van der Waals surface area contributed by atoms with Gasteiger partial charge in [0, 0.05) is 26.1 Å². The molecule has 1 aliphatic heterocycles. The smallest absolute Gasteiger partial charge is 0.416 e. The number of rotatable bonds is 10. The lowest BCUT2D eigenvalue weighted by Crippen LogP contribution is -2.29. The fourth-order valence-electron chi connectivity index (χ4n) is 3.92. The lowest BCUT2D eigenvalue weighted by Gasteiger charge is -2.20. The van der Waals surface area contributed by atoms with Crippen LogP contribution in [0.5, 0.6) is 5.75 Å². The Morgan fingerprint density at radius 3 is 2.59 bits per heavy atom. The molecular formula is C25H30F3N3O3. The predicted octanol–water partition coefficient (Wildman–Crippen LogP) is 4.41. The number of alkyl halides is 3. The van der Waals surface area contributed by atoms with Crippen LogP contribution < -0.4 is 10.1 Å². The number of ether oxygens (including phenoxy) is 1. The number of benzene rings is 2. The topological polar surface area (TPSA) is 61.9 Å². The zero-order valence-corrected chi connectivity index (χ0v) is 19.4. The molecule has 2 amide bonds. The SMILES string of the molecule is CCN(CC)CCOc1ccccc1NC(=O)C1CC(=O)N(Cc2cccc(C(F)(F)F)c2)C1. The van der Waals surface area contributed by atoms with Crippen molar-refractivity contribution in [1.82, 2.24) is 9.80 Å². The number of carbonyl (C=O) groups excluding carboxylic acids is 2. The summed E-state index contributed by atoms with van der Waals surface area (Å²) in [4.78, 5) is 29.0. The van der Waals surface area contributed by atoms with E-state index in [1.165, 1.54) is 11.0 Å². The summed E-state index contributed by atoms with van der Waals surface area (Å²) in [6.07, 6.45) is -4.44. The largest absolute Gasteiger partial charge is 0.490 e. The van der Waals surface area contributed by atoms with Gasteiger partial charge in [-0.05, 0) is 42.9 Å².